The zero-order valence-electron chi connectivity index (χ0n) is 10.3. The van der Waals surface area contributed by atoms with Crippen molar-refractivity contribution >= 4 is 17.3 Å². The van der Waals surface area contributed by atoms with Crippen LogP contribution >= 0.6 is 11.6 Å². The molecule has 1 aromatic rings. The summed E-state index contributed by atoms with van der Waals surface area (Å²) in [4.78, 5) is 0. The third-order valence-corrected chi connectivity index (χ3v) is 2.76. The summed E-state index contributed by atoms with van der Waals surface area (Å²) in [6.07, 6.45) is -1.31. The lowest BCUT2D eigenvalue weighted by Gasteiger charge is -2.15. The van der Waals surface area contributed by atoms with Crippen molar-refractivity contribution in [2.45, 2.75) is 12.4 Å². The predicted octanol–water partition coefficient (Wildman–Crippen LogP) is 2.13. The van der Waals surface area contributed by atoms with Crippen molar-refractivity contribution in [2.24, 2.45) is 0 Å². The van der Waals surface area contributed by atoms with Crippen LogP contribution in [0.2, 0.25) is 0 Å². The Morgan fingerprint density at radius 2 is 2.06 bits per heavy atom. The highest BCUT2D eigenvalue weighted by Gasteiger charge is 2.12. The van der Waals surface area contributed by atoms with Crippen molar-refractivity contribution in [3.63, 3.8) is 0 Å². The standard InChI is InChI=1S/C12H17ClFNO3/c1-17-12(18-2)8-3-4-11(10(14)5-8)15-7-9(16)6-13/h3-5,9,12,15-16H,6-7H2,1-2H3. The van der Waals surface area contributed by atoms with Crippen LogP contribution in [0.4, 0.5) is 10.1 Å². The number of aliphatic hydroxyl groups excluding tert-OH is 1. The molecule has 1 rings (SSSR count). The van der Waals surface area contributed by atoms with Crippen LogP contribution in [-0.4, -0.2) is 37.9 Å². The van der Waals surface area contributed by atoms with E-state index in [1.54, 1.807) is 12.1 Å². The molecule has 1 aromatic carbocycles. The maximum absolute atomic E-state index is 13.7. The maximum Gasteiger partial charge on any atom is 0.183 e. The first-order valence-corrected chi connectivity index (χ1v) is 5.98. The van der Waals surface area contributed by atoms with Crippen molar-refractivity contribution in [1.29, 1.82) is 0 Å². The third-order valence-electron chi connectivity index (χ3n) is 2.40. The number of nitrogens with one attached hydrogen (secondary N) is 1. The van der Waals surface area contributed by atoms with E-state index in [0.29, 0.717) is 11.3 Å². The van der Waals surface area contributed by atoms with Crippen molar-refractivity contribution in [3.8, 4) is 0 Å². The highest BCUT2D eigenvalue weighted by atomic mass is 35.5. The molecular weight excluding hydrogens is 261 g/mol. The van der Waals surface area contributed by atoms with Gasteiger partial charge in [0.25, 0.3) is 0 Å². The molecule has 2 N–H and O–H groups in total. The van der Waals surface area contributed by atoms with Gasteiger partial charge in [0.1, 0.15) is 5.82 Å². The van der Waals surface area contributed by atoms with Crippen molar-refractivity contribution in [2.75, 3.05) is 32.0 Å². The minimum Gasteiger partial charge on any atom is -0.390 e. The largest absolute Gasteiger partial charge is 0.390 e. The van der Waals surface area contributed by atoms with E-state index in [1.807, 2.05) is 0 Å². The Labute approximate surface area is 111 Å². The average Bonchev–Trinajstić information content (AvgIpc) is 2.38. The minimum atomic E-state index is -0.712. The Morgan fingerprint density at radius 1 is 1.39 bits per heavy atom. The predicted molar refractivity (Wildman–Crippen MR) is 68.4 cm³/mol. The van der Waals surface area contributed by atoms with E-state index in [0.717, 1.165) is 0 Å². The summed E-state index contributed by atoms with van der Waals surface area (Å²) < 4.78 is 23.8. The molecule has 0 aliphatic carbocycles. The van der Waals surface area contributed by atoms with Gasteiger partial charge in [-0.2, -0.15) is 0 Å². The fourth-order valence-electron chi connectivity index (χ4n) is 1.47. The summed E-state index contributed by atoms with van der Waals surface area (Å²) in [7, 11) is 2.96. The monoisotopic (exact) mass is 277 g/mol. The molecule has 1 unspecified atom stereocenters. The molecule has 0 aliphatic rings. The number of hydrogen-bond donors (Lipinski definition) is 2. The van der Waals surface area contributed by atoms with Gasteiger partial charge in [0, 0.05) is 26.3 Å². The molecule has 0 aromatic heterocycles. The molecule has 1 atom stereocenters. The first-order chi connectivity index (χ1) is 8.62. The Morgan fingerprint density at radius 3 is 2.56 bits per heavy atom. The molecule has 0 radical (unpaired) electrons. The Bertz CT molecular complexity index is 374. The second-order valence-corrected chi connectivity index (χ2v) is 4.04. The molecule has 18 heavy (non-hydrogen) atoms. The van der Waals surface area contributed by atoms with Crippen LogP contribution in [-0.2, 0) is 9.47 Å². The SMILES string of the molecule is COC(OC)c1ccc(NCC(O)CCl)c(F)c1. The van der Waals surface area contributed by atoms with Gasteiger partial charge in [0.2, 0.25) is 0 Å². The number of methoxy groups -OCH3 is 2. The van der Waals surface area contributed by atoms with Gasteiger partial charge in [-0.05, 0) is 12.1 Å². The normalized spacial score (nSPS) is 12.8. The lowest BCUT2D eigenvalue weighted by Crippen LogP contribution is -2.21. The molecule has 0 aliphatic heterocycles. The van der Waals surface area contributed by atoms with Gasteiger partial charge in [-0.1, -0.05) is 6.07 Å². The number of alkyl halides is 1. The van der Waals surface area contributed by atoms with Gasteiger partial charge in [-0.25, -0.2) is 4.39 Å². The number of rotatable bonds is 7. The zero-order chi connectivity index (χ0) is 13.5. The van der Waals surface area contributed by atoms with Crippen molar-refractivity contribution in [3.05, 3.63) is 29.6 Å². The number of anilines is 1. The van der Waals surface area contributed by atoms with Crippen LogP contribution in [0.3, 0.4) is 0 Å². The highest BCUT2D eigenvalue weighted by Crippen LogP contribution is 2.22. The first-order valence-electron chi connectivity index (χ1n) is 5.45. The lowest BCUT2D eigenvalue weighted by atomic mass is 10.2. The zero-order valence-corrected chi connectivity index (χ0v) is 11.1. The molecule has 0 saturated carbocycles. The van der Waals surface area contributed by atoms with Gasteiger partial charge >= 0.3 is 0 Å². The van der Waals surface area contributed by atoms with Gasteiger partial charge in [0.15, 0.2) is 6.29 Å². The van der Waals surface area contributed by atoms with Gasteiger partial charge in [-0.3, -0.25) is 0 Å². The number of halogens is 2. The highest BCUT2D eigenvalue weighted by molar-refractivity contribution is 6.18. The molecule has 0 amide bonds. The summed E-state index contributed by atoms with van der Waals surface area (Å²) in [5.74, 6) is -0.337. The quantitative estimate of drug-likeness (QED) is 0.592. The van der Waals surface area contributed by atoms with Crippen LogP contribution in [0.5, 0.6) is 0 Å². The van der Waals surface area contributed by atoms with Crippen molar-refractivity contribution in [1.82, 2.24) is 0 Å². The van der Waals surface area contributed by atoms with Crippen LogP contribution < -0.4 is 5.32 Å². The van der Waals surface area contributed by atoms with Gasteiger partial charge in [0.05, 0.1) is 17.7 Å². The molecular formula is C12H17ClFNO3. The molecule has 6 heteroatoms. The lowest BCUT2D eigenvalue weighted by molar-refractivity contribution is -0.106. The second-order valence-electron chi connectivity index (χ2n) is 3.73. The Hall–Kier alpha value is -0.880. The van der Waals surface area contributed by atoms with E-state index in [2.05, 4.69) is 5.32 Å². The molecule has 102 valence electrons. The Balaban J connectivity index is 2.73. The fourth-order valence-corrected chi connectivity index (χ4v) is 1.58. The van der Waals surface area contributed by atoms with Gasteiger partial charge in [-0.15, -0.1) is 11.6 Å². The van der Waals surface area contributed by atoms with Crippen LogP contribution in [0.1, 0.15) is 11.9 Å². The number of hydrogen-bond acceptors (Lipinski definition) is 4. The maximum atomic E-state index is 13.7. The molecule has 0 spiro atoms. The minimum absolute atomic E-state index is 0.0993. The third kappa shape index (κ3) is 4.10. The second kappa shape index (κ2) is 7.53. The van der Waals surface area contributed by atoms with Gasteiger partial charge < -0.3 is 19.9 Å². The topological polar surface area (TPSA) is 50.7 Å². The molecule has 0 heterocycles. The first kappa shape index (κ1) is 15.2. The van der Waals surface area contributed by atoms with Crippen molar-refractivity contribution < 1.29 is 19.0 Å². The molecule has 0 bridgehead atoms. The summed E-state index contributed by atoms with van der Waals surface area (Å²) in [5, 5.41) is 12.0. The average molecular weight is 278 g/mol. The van der Waals surface area contributed by atoms with E-state index in [-0.39, 0.29) is 12.4 Å². The Kier molecular flexibility index (Phi) is 6.35. The smallest absolute Gasteiger partial charge is 0.183 e. The summed E-state index contributed by atoms with van der Waals surface area (Å²) >= 11 is 5.45. The van der Waals surface area contributed by atoms with E-state index in [4.69, 9.17) is 21.1 Å². The number of ether oxygens (including phenoxy) is 2. The van der Waals surface area contributed by atoms with E-state index < -0.39 is 18.2 Å². The van der Waals surface area contributed by atoms with E-state index in [9.17, 15) is 9.50 Å². The van der Waals surface area contributed by atoms with Crippen LogP contribution in [0.25, 0.3) is 0 Å². The number of benzene rings is 1. The summed E-state index contributed by atoms with van der Waals surface area (Å²) in [5.41, 5.74) is 0.884. The van der Waals surface area contributed by atoms with E-state index >= 15 is 0 Å². The molecule has 4 nitrogen and oxygen atoms in total. The van der Waals surface area contributed by atoms with E-state index in [1.165, 1.54) is 20.3 Å². The summed E-state index contributed by atoms with van der Waals surface area (Å²) in [6.45, 7) is 0.192. The fraction of sp³-hybridized carbons (Fsp3) is 0.500. The number of aliphatic hydroxyl groups is 1. The summed E-state index contributed by atoms with van der Waals surface area (Å²) in [6, 6.07) is 4.58. The molecule has 0 saturated heterocycles. The van der Waals surface area contributed by atoms with Crippen LogP contribution in [0.15, 0.2) is 18.2 Å². The molecule has 0 fully saturated rings. The van der Waals surface area contributed by atoms with Crippen LogP contribution in [0, 0.1) is 5.82 Å².